The lowest BCUT2D eigenvalue weighted by atomic mass is 10.2. The zero-order valence-corrected chi connectivity index (χ0v) is 9.94. The van der Waals surface area contributed by atoms with Crippen molar-refractivity contribution in [2.45, 2.75) is 11.8 Å². The normalized spacial score (nSPS) is 10.9. The highest BCUT2D eigenvalue weighted by molar-refractivity contribution is 14.1. The molecule has 0 aliphatic carbocycles. The van der Waals surface area contributed by atoms with Crippen LogP contribution in [-0.4, -0.2) is 4.98 Å². The fourth-order valence-electron chi connectivity index (χ4n) is 0.776. The van der Waals surface area contributed by atoms with Crippen LogP contribution in [0.5, 0.6) is 0 Å². The summed E-state index contributed by atoms with van der Waals surface area (Å²) < 4.78 is 37.5. The van der Waals surface area contributed by atoms with E-state index >= 15 is 0 Å². The molecule has 72 valence electrons. The summed E-state index contributed by atoms with van der Waals surface area (Å²) in [6.07, 6.45) is -2.61. The van der Waals surface area contributed by atoms with Gasteiger partial charge in [-0.05, 0) is 28.7 Å². The summed E-state index contributed by atoms with van der Waals surface area (Å²) in [5.41, 5.74) is -0.0767. The molecular weight excluding hydrogens is 362 g/mol. The molecule has 1 aromatic rings. The van der Waals surface area contributed by atoms with Crippen molar-refractivity contribution in [2.75, 3.05) is 0 Å². The van der Waals surface area contributed by atoms with Gasteiger partial charge in [0.25, 0.3) is 6.43 Å². The maximum Gasteiger partial charge on any atom is 0.266 e. The highest BCUT2D eigenvalue weighted by Crippen LogP contribution is 2.25. The Labute approximate surface area is 95.0 Å². The van der Waals surface area contributed by atoms with Gasteiger partial charge in [-0.15, -0.1) is 0 Å². The number of pyridine rings is 1. The highest BCUT2D eigenvalue weighted by Gasteiger charge is 2.16. The van der Waals surface area contributed by atoms with Crippen molar-refractivity contribution >= 4 is 38.5 Å². The summed E-state index contributed by atoms with van der Waals surface area (Å²) in [5.74, 6) is -0.703. The predicted molar refractivity (Wildman–Crippen MR) is 54.5 cm³/mol. The maximum atomic E-state index is 12.9. The van der Waals surface area contributed by atoms with Crippen LogP contribution < -0.4 is 0 Å². The molecule has 0 unspecified atom stereocenters. The molecule has 0 amide bonds. The Hall–Kier alpha value is 0.150. The van der Waals surface area contributed by atoms with E-state index in [4.69, 9.17) is 0 Å². The predicted octanol–water partition coefficient (Wildman–Crippen LogP) is 3.66. The molecule has 0 bridgehead atoms. The molecule has 0 fully saturated rings. The fourth-order valence-corrected chi connectivity index (χ4v) is 1.77. The second-order valence-corrected chi connectivity index (χ2v) is 3.84. The quantitative estimate of drug-likeness (QED) is 0.443. The molecule has 1 rings (SSSR count). The van der Waals surface area contributed by atoms with Gasteiger partial charge >= 0.3 is 0 Å². The van der Waals surface area contributed by atoms with Crippen molar-refractivity contribution in [3.8, 4) is 0 Å². The van der Waals surface area contributed by atoms with Crippen molar-refractivity contribution in [2.24, 2.45) is 0 Å². The summed E-state index contributed by atoms with van der Waals surface area (Å²) in [6, 6.07) is 1.13. The highest BCUT2D eigenvalue weighted by atomic mass is 127. The van der Waals surface area contributed by atoms with E-state index in [1.54, 1.807) is 22.6 Å². The van der Waals surface area contributed by atoms with Crippen LogP contribution in [0.4, 0.5) is 13.2 Å². The van der Waals surface area contributed by atoms with Crippen molar-refractivity contribution in [3.05, 3.63) is 26.8 Å². The van der Waals surface area contributed by atoms with Gasteiger partial charge in [0, 0.05) is 10.9 Å². The lowest BCUT2D eigenvalue weighted by Gasteiger charge is -2.05. The van der Waals surface area contributed by atoms with E-state index in [1.807, 2.05) is 0 Å². The van der Waals surface area contributed by atoms with Gasteiger partial charge in [0.1, 0.15) is 3.70 Å². The number of hydrogen-bond acceptors (Lipinski definition) is 1. The van der Waals surface area contributed by atoms with Crippen LogP contribution in [0.25, 0.3) is 0 Å². The van der Waals surface area contributed by atoms with Gasteiger partial charge in [-0.25, -0.2) is 13.8 Å². The Bertz CT molecular complexity index is 319. The molecule has 1 nitrogen and oxygen atoms in total. The summed E-state index contributed by atoms with van der Waals surface area (Å²) in [7, 11) is 0. The SMILES string of the molecule is Fc1nc(I)c(C(F)F)cc1CBr. The third-order valence-corrected chi connectivity index (χ3v) is 2.88. The number of nitrogens with zero attached hydrogens (tertiary/aromatic N) is 1. The van der Waals surface area contributed by atoms with Gasteiger partial charge in [-0.1, -0.05) is 15.9 Å². The maximum absolute atomic E-state index is 12.9. The van der Waals surface area contributed by atoms with Gasteiger partial charge in [0.15, 0.2) is 0 Å². The second kappa shape index (κ2) is 4.59. The molecule has 0 aliphatic heterocycles. The average molecular weight is 366 g/mol. The van der Waals surface area contributed by atoms with E-state index in [9.17, 15) is 13.2 Å². The molecule has 0 spiro atoms. The largest absolute Gasteiger partial charge is 0.266 e. The lowest BCUT2D eigenvalue weighted by molar-refractivity contribution is 0.149. The molecule has 0 atom stereocenters. The molecule has 0 aromatic carbocycles. The fraction of sp³-hybridized carbons (Fsp3) is 0.286. The van der Waals surface area contributed by atoms with Crippen LogP contribution in [0.15, 0.2) is 6.07 Å². The first-order valence-electron chi connectivity index (χ1n) is 3.25. The summed E-state index contributed by atoms with van der Waals surface area (Å²) in [5, 5.41) is 0.183. The first-order valence-corrected chi connectivity index (χ1v) is 5.45. The average Bonchev–Trinajstić information content (AvgIpc) is 2.03. The van der Waals surface area contributed by atoms with Crippen LogP contribution in [0.1, 0.15) is 17.6 Å². The minimum absolute atomic E-state index is 0.00907. The van der Waals surface area contributed by atoms with Crippen LogP contribution in [0.2, 0.25) is 0 Å². The Morgan fingerprint density at radius 1 is 1.54 bits per heavy atom. The second-order valence-electron chi connectivity index (χ2n) is 2.25. The minimum Gasteiger partial charge on any atom is -0.213 e. The first kappa shape index (κ1) is 11.2. The third kappa shape index (κ3) is 2.55. The van der Waals surface area contributed by atoms with Gasteiger partial charge in [0.2, 0.25) is 5.95 Å². The molecule has 6 heteroatoms. The third-order valence-electron chi connectivity index (χ3n) is 1.41. The van der Waals surface area contributed by atoms with Crippen molar-refractivity contribution in [3.63, 3.8) is 0 Å². The lowest BCUT2D eigenvalue weighted by Crippen LogP contribution is -2.00. The van der Waals surface area contributed by atoms with E-state index in [-0.39, 0.29) is 20.2 Å². The minimum atomic E-state index is -2.61. The molecule has 1 aromatic heterocycles. The monoisotopic (exact) mass is 365 g/mol. The van der Waals surface area contributed by atoms with Crippen molar-refractivity contribution in [1.82, 2.24) is 4.98 Å². The van der Waals surface area contributed by atoms with E-state index in [0.29, 0.717) is 0 Å². The number of halogens is 5. The van der Waals surface area contributed by atoms with Gasteiger partial charge < -0.3 is 0 Å². The summed E-state index contributed by atoms with van der Waals surface area (Å²) in [4.78, 5) is 3.38. The molecule has 13 heavy (non-hydrogen) atoms. The smallest absolute Gasteiger partial charge is 0.213 e. The Kier molecular flexibility index (Phi) is 3.96. The van der Waals surface area contributed by atoms with Crippen LogP contribution >= 0.6 is 38.5 Å². The standard InChI is InChI=1S/C7H4BrF3IN/c8-2-3-1-4(5(9)10)7(12)13-6(3)11/h1,5H,2H2. The molecule has 1 heterocycles. The molecule has 0 radical (unpaired) electrons. The number of hydrogen-bond donors (Lipinski definition) is 0. The van der Waals surface area contributed by atoms with E-state index in [2.05, 4.69) is 20.9 Å². The summed E-state index contributed by atoms with van der Waals surface area (Å²) in [6.45, 7) is 0. The zero-order chi connectivity index (χ0) is 10.0. The summed E-state index contributed by atoms with van der Waals surface area (Å²) >= 11 is 4.58. The first-order chi connectivity index (χ1) is 6.06. The van der Waals surface area contributed by atoms with Gasteiger partial charge in [-0.3, -0.25) is 0 Å². The van der Waals surface area contributed by atoms with Crippen molar-refractivity contribution < 1.29 is 13.2 Å². The topological polar surface area (TPSA) is 12.9 Å². The molecule has 0 N–H and O–H groups in total. The van der Waals surface area contributed by atoms with Gasteiger partial charge in [0.05, 0.1) is 5.56 Å². The number of alkyl halides is 3. The van der Waals surface area contributed by atoms with E-state index < -0.39 is 12.4 Å². The molecule has 0 saturated carbocycles. The zero-order valence-electron chi connectivity index (χ0n) is 6.20. The van der Waals surface area contributed by atoms with E-state index in [0.717, 1.165) is 6.07 Å². The Balaban J connectivity index is 3.22. The van der Waals surface area contributed by atoms with E-state index in [1.165, 1.54) is 0 Å². The van der Waals surface area contributed by atoms with Crippen LogP contribution in [0.3, 0.4) is 0 Å². The molecule has 0 saturated heterocycles. The molecular formula is C7H4BrF3IN. The Morgan fingerprint density at radius 2 is 2.15 bits per heavy atom. The Morgan fingerprint density at radius 3 is 2.62 bits per heavy atom. The van der Waals surface area contributed by atoms with Crippen LogP contribution in [0, 0.1) is 9.65 Å². The molecule has 0 aliphatic rings. The number of rotatable bonds is 2. The van der Waals surface area contributed by atoms with Crippen LogP contribution in [-0.2, 0) is 5.33 Å². The number of aromatic nitrogens is 1. The van der Waals surface area contributed by atoms with Crippen molar-refractivity contribution in [1.29, 1.82) is 0 Å². The van der Waals surface area contributed by atoms with Gasteiger partial charge in [-0.2, -0.15) is 4.39 Å².